The molecule has 1 heterocycles. The van der Waals surface area contributed by atoms with E-state index in [0.29, 0.717) is 17.2 Å². The van der Waals surface area contributed by atoms with Gasteiger partial charge in [0.2, 0.25) is 5.91 Å². The normalized spacial score (nSPS) is 21.1. The van der Waals surface area contributed by atoms with Crippen LogP contribution >= 0.6 is 0 Å². The number of hydrogen-bond acceptors (Lipinski definition) is 3. The monoisotopic (exact) mass is 326 g/mol. The molecule has 2 fully saturated rings. The molecule has 5 heteroatoms. The summed E-state index contributed by atoms with van der Waals surface area (Å²) < 4.78 is 0. The maximum absolute atomic E-state index is 12.9. The summed E-state index contributed by atoms with van der Waals surface area (Å²) in [6.07, 6.45) is 7.74. The van der Waals surface area contributed by atoms with Gasteiger partial charge in [0.05, 0.1) is 11.1 Å². The summed E-state index contributed by atoms with van der Waals surface area (Å²) in [7, 11) is 0. The maximum atomic E-state index is 12.9. The number of hydrogen-bond donors (Lipinski definition) is 0. The van der Waals surface area contributed by atoms with E-state index in [1.54, 1.807) is 24.3 Å². The van der Waals surface area contributed by atoms with Gasteiger partial charge < -0.3 is 4.90 Å². The molecule has 0 atom stereocenters. The van der Waals surface area contributed by atoms with Gasteiger partial charge in [0.25, 0.3) is 11.8 Å². The van der Waals surface area contributed by atoms with E-state index >= 15 is 0 Å². The number of benzene rings is 1. The Morgan fingerprint density at radius 3 is 2.00 bits per heavy atom. The van der Waals surface area contributed by atoms with Crippen molar-refractivity contribution in [3.8, 4) is 0 Å². The highest BCUT2D eigenvalue weighted by molar-refractivity contribution is 6.22. The van der Waals surface area contributed by atoms with Crippen molar-refractivity contribution in [2.75, 3.05) is 6.54 Å². The number of nitrogens with zero attached hydrogens (tertiary/aromatic N) is 2. The second-order valence-electron chi connectivity index (χ2n) is 7.07. The molecular weight excluding hydrogens is 304 g/mol. The Bertz CT molecular complexity index is 655. The fourth-order valence-electron chi connectivity index (χ4n) is 4.02. The molecule has 3 aliphatic rings. The van der Waals surface area contributed by atoms with E-state index in [0.717, 1.165) is 43.4 Å². The van der Waals surface area contributed by atoms with Crippen molar-refractivity contribution in [2.45, 2.75) is 57.0 Å². The smallest absolute Gasteiger partial charge is 0.262 e. The van der Waals surface area contributed by atoms with Gasteiger partial charge in [-0.1, -0.05) is 31.4 Å². The number of carbonyl (C=O) groups excluding carboxylic acids is 3. The van der Waals surface area contributed by atoms with Gasteiger partial charge in [0.15, 0.2) is 0 Å². The van der Waals surface area contributed by atoms with E-state index in [1.165, 1.54) is 6.42 Å². The lowest BCUT2D eigenvalue weighted by Crippen LogP contribution is -2.48. The average Bonchev–Trinajstić information content (AvgIpc) is 3.41. The standard InChI is InChI=1S/C19H22N2O3/c22-17(21(14-10-11-14)13-6-2-1-3-7-13)12-20-18(23)15-8-4-5-9-16(15)19(20)24/h4-5,8-9,13-14H,1-3,6-7,10-12H2. The Hall–Kier alpha value is -2.17. The van der Waals surface area contributed by atoms with Crippen LogP contribution in [0, 0.1) is 0 Å². The molecule has 1 aromatic rings. The zero-order chi connectivity index (χ0) is 16.7. The predicted octanol–water partition coefficient (Wildman–Crippen LogP) is 2.61. The first-order valence-corrected chi connectivity index (χ1v) is 8.93. The Morgan fingerprint density at radius 1 is 0.917 bits per heavy atom. The Kier molecular flexibility index (Phi) is 3.87. The zero-order valence-corrected chi connectivity index (χ0v) is 13.7. The van der Waals surface area contributed by atoms with Crippen LogP contribution in [-0.2, 0) is 4.79 Å². The lowest BCUT2D eigenvalue weighted by molar-refractivity contribution is -0.135. The van der Waals surface area contributed by atoms with Gasteiger partial charge in [-0.2, -0.15) is 0 Å². The third-order valence-electron chi connectivity index (χ3n) is 5.37. The summed E-state index contributed by atoms with van der Waals surface area (Å²) in [5.74, 6) is -0.759. The molecule has 126 valence electrons. The highest BCUT2D eigenvalue weighted by Crippen LogP contribution is 2.34. The summed E-state index contributed by atoms with van der Waals surface area (Å²) in [6, 6.07) is 7.39. The van der Waals surface area contributed by atoms with Gasteiger partial charge in [-0.05, 0) is 37.8 Å². The largest absolute Gasteiger partial charge is 0.335 e. The van der Waals surface area contributed by atoms with Crippen LogP contribution in [0.25, 0.3) is 0 Å². The van der Waals surface area contributed by atoms with Crippen LogP contribution in [0.2, 0.25) is 0 Å². The number of imide groups is 1. The van der Waals surface area contributed by atoms with Crippen molar-refractivity contribution in [3.05, 3.63) is 35.4 Å². The lowest BCUT2D eigenvalue weighted by atomic mass is 9.94. The first-order valence-electron chi connectivity index (χ1n) is 8.93. The van der Waals surface area contributed by atoms with Crippen LogP contribution in [-0.4, -0.2) is 46.1 Å². The van der Waals surface area contributed by atoms with Crippen molar-refractivity contribution < 1.29 is 14.4 Å². The number of rotatable bonds is 4. The molecule has 1 aliphatic heterocycles. The van der Waals surface area contributed by atoms with E-state index in [-0.39, 0.29) is 30.3 Å². The molecule has 0 saturated heterocycles. The van der Waals surface area contributed by atoms with Gasteiger partial charge in [-0.3, -0.25) is 19.3 Å². The van der Waals surface area contributed by atoms with Crippen molar-refractivity contribution in [2.24, 2.45) is 0 Å². The van der Waals surface area contributed by atoms with Crippen LogP contribution in [0.3, 0.4) is 0 Å². The van der Waals surface area contributed by atoms with Crippen LogP contribution in [0.5, 0.6) is 0 Å². The molecule has 0 N–H and O–H groups in total. The van der Waals surface area contributed by atoms with Crippen LogP contribution in [0.15, 0.2) is 24.3 Å². The summed E-state index contributed by atoms with van der Waals surface area (Å²) in [4.78, 5) is 40.9. The molecule has 3 amide bonds. The van der Waals surface area contributed by atoms with Gasteiger partial charge in [0, 0.05) is 12.1 Å². The second-order valence-corrected chi connectivity index (χ2v) is 7.07. The molecule has 0 unspecified atom stereocenters. The first-order chi connectivity index (χ1) is 11.7. The minimum Gasteiger partial charge on any atom is -0.335 e. The summed E-state index contributed by atoms with van der Waals surface area (Å²) in [5.41, 5.74) is 0.817. The maximum Gasteiger partial charge on any atom is 0.262 e. The quantitative estimate of drug-likeness (QED) is 0.799. The molecule has 4 rings (SSSR count). The fourth-order valence-corrected chi connectivity index (χ4v) is 4.02. The average molecular weight is 326 g/mol. The molecule has 0 spiro atoms. The molecule has 0 aromatic heterocycles. The first kappa shape index (κ1) is 15.4. The summed E-state index contributed by atoms with van der Waals surface area (Å²) in [5, 5.41) is 0. The minimum absolute atomic E-state index is 0.0705. The van der Waals surface area contributed by atoms with Gasteiger partial charge in [0.1, 0.15) is 6.54 Å². The van der Waals surface area contributed by atoms with E-state index in [2.05, 4.69) is 0 Å². The molecule has 5 nitrogen and oxygen atoms in total. The molecule has 2 saturated carbocycles. The molecular formula is C19H22N2O3. The lowest BCUT2D eigenvalue weighted by Gasteiger charge is -2.35. The molecule has 0 radical (unpaired) electrons. The van der Waals surface area contributed by atoms with Crippen LogP contribution in [0.4, 0.5) is 0 Å². The highest BCUT2D eigenvalue weighted by atomic mass is 16.2. The third-order valence-corrected chi connectivity index (χ3v) is 5.37. The fraction of sp³-hybridized carbons (Fsp3) is 0.526. The van der Waals surface area contributed by atoms with Crippen LogP contribution in [0.1, 0.15) is 65.7 Å². The van der Waals surface area contributed by atoms with Crippen molar-refractivity contribution >= 4 is 17.7 Å². The molecule has 0 bridgehead atoms. The van der Waals surface area contributed by atoms with E-state index in [1.807, 2.05) is 4.90 Å². The van der Waals surface area contributed by atoms with E-state index < -0.39 is 0 Å². The van der Waals surface area contributed by atoms with Crippen molar-refractivity contribution in [1.82, 2.24) is 9.80 Å². The van der Waals surface area contributed by atoms with Crippen molar-refractivity contribution in [3.63, 3.8) is 0 Å². The SMILES string of the molecule is O=C1c2ccccc2C(=O)N1CC(=O)N(C1CCCCC1)C1CC1. The summed E-state index contributed by atoms with van der Waals surface area (Å²) in [6.45, 7) is -0.126. The molecule has 2 aliphatic carbocycles. The predicted molar refractivity (Wildman–Crippen MR) is 88.6 cm³/mol. The minimum atomic E-state index is -0.344. The Labute approximate surface area is 141 Å². The Morgan fingerprint density at radius 2 is 1.46 bits per heavy atom. The van der Waals surface area contributed by atoms with Gasteiger partial charge in [-0.25, -0.2) is 0 Å². The van der Waals surface area contributed by atoms with Crippen molar-refractivity contribution in [1.29, 1.82) is 0 Å². The Balaban J connectivity index is 1.51. The van der Waals surface area contributed by atoms with Crippen LogP contribution < -0.4 is 0 Å². The zero-order valence-electron chi connectivity index (χ0n) is 13.7. The third kappa shape index (κ3) is 2.62. The number of amides is 3. The van der Waals surface area contributed by atoms with Gasteiger partial charge >= 0.3 is 0 Å². The highest BCUT2D eigenvalue weighted by Gasteiger charge is 2.41. The number of fused-ring (bicyclic) bond motifs is 1. The van der Waals surface area contributed by atoms with E-state index in [9.17, 15) is 14.4 Å². The van der Waals surface area contributed by atoms with Gasteiger partial charge in [-0.15, -0.1) is 0 Å². The molecule has 1 aromatic carbocycles. The number of carbonyl (C=O) groups is 3. The topological polar surface area (TPSA) is 57.7 Å². The second kappa shape index (κ2) is 6.04. The van der Waals surface area contributed by atoms with E-state index in [4.69, 9.17) is 0 Å². The summed E-state index contributed by atoms with van der Waals surface area (Å²) >= 11 is 0. The molecule has 24 heavy (non-hydrogen) atoms.